The second kappa shape index (κ2) is 16.9. The van der Waals surface area contributed by atoms with Crippen LogP contribution in [0.4, 0.5) is 22.7 Å². The molecule has 0 atom stereocenters. The first-order valence-corrected chi connectivity index (χ1v) is 19.1. The average molecular weight is 923 g/mol. The number of benzene rings is 7. The fraction of sp³-hybridized carbons (Fsp3) is 0.0377. The van der Waals surface area contributed by atoms with Crippen LogP contribution in [-0.2, 0) is 20.1 Å². The van der Waals surface area contributed by atoms with Crippen molar-refractivity contribution in [3.8, 4) is 22.5 Å². The van der Waals surface area contributed by atoms with Gasteiger partial charge in [0, 0.05) is 71.3 Å². The molecular formula is C53H38IrN4+. The normalized spacial score (nSPS) is 12.0. The molecule has 1 aliphatic rings. The summed E-state index contributed by atoms with van der Waals surface area (Å²) in [5.41, 5.74) is 12.4. The largest absolute Gasteiger partial charge is 3.00 e. The van der Waals surface area contributed by atoms with Crippen LogP contribution in [-0.4, -0.2) is 15.0 Å². The molecule has 278 valence electrons. The minimum atomic E-state index is 0. The third-order valence-corrected chi connectivity index (χ3v) is 10.4. The van der Waals surface area contributed by atoms with E-state index in [9.17, 15) is 0 Å². The first-order valence-electron chi connectivity index (χ1n) is 19.1. The van der Waals surface area contributed by atoms with Crippen LogP contribution in [0.1, 0.15) is 11.1 Å². The molecule has 58 heavy (non-hydrogen) atoms. The van der Waals surface area contributed by atoms with Crippen molar-refractivity contribution in [2.75, 3.05) is 0 Å². The van der Waals surface area contributed by atoms with E-state index in [2.05, 4.69) is 144 Å². The third kappa shape index (κ3) is 7.01. The van der Waals surface area contributed by atoms with Gasteiger partial charge in [-0.15, -0.1) is 101 Å². The van der Waals surface area contributed by atoms with E-state index >= 15 is 0 Å². The second-order valence-corrected chi connectivity index (χ2v) is 14.0. The molecular weight excluding hydrogens is 885 g/mol. The van der Waals surface area contributed by atoms with E-state index in [-0.39, 0.29) is 20.1 Å². The number of hydrogen-bond acceptors (Lipinski definition) is 3. The quantitative estimate of drug-likeness (QED) is 0.100. The number of quaternary nitrogens is 1. The summed E-state index contributed by atoms with van der Waals surface area (Å²) in [5, 5.41) is 6.08. The van der Waals surface area contributed by atoms with E-state index in [1.165, 1.54) is 55.4 Å². The van der Waals surface area contributed by atoms with E-state index < -0.39 is 0 Å². The number of hydrogen-bond donors (Lipinski definition) is 0. The Labute approximate surface area is 353 Å². The third-order valence-electron chi connectivity index (χ3n) is 10.4. The van der Waals surface area contributed by atoms with Gasteiger partial charge in [-0.2, -0.15) is 4.48 Å². The molecule has 4 heterocycles. The van der Waals surface area contributed by atoms with Gasteiger partial charge in [0.25, 0.3) is 0 Å². The Hall–Kier alpha value is -6.62. The van der Waals surface area contributed by atoms with Gasteiger partial charge in [-0.25, -0.2) is 0 Å². The molecule has 0 saturated heterocycles. The first-order chi connectivity index (χ1) is 28.1. The van der Waals surface area contributed by atoms with Crippen LogP contribution in [0.15, 0.2) is 195 Å². The van der Waals surface area contributed by atoms with Gasteiger partial charge in [0.15, 0.2) is 11.4 Å². The molecule has 0 spiro atoms. The minimum absolute atomic E-state index is 0. The minimum Gasteiger partial charge on any atom is -0.305 e. The van der Waals surface area contributed by atoms with Crippen LogP contribution < -0.4 is 4.48 Å². The van der Waals surface area contributed by atoms with Crippen LogP contribution >= 0.6 is 0 Å². The van der Waals surface area contributed by atoms with E-state index in [1.54, 1.807) is 6.20 Å². The zero-order valence-corrected chi connectivity index (χ0v) is 34.5. The molecule has 0 saturated carbocycles. The van der Waals surface area contributed by atoms with Crippen LogP contribution in [0.25, 0.3) is 55.0 Å². The predicted octanol–water partition coefficient (Wildman–Crippen LogP) is 13.7. The van der Waals surface area contributed by atoms with Crippen molar-refractivity contribution in [3.63, 3.8) is 0 Å². The molecule has 5 heteroatoms. The van der Waals surface area contributed by atoms with Gasteiger partial charge in [-0.05, 0) is 35.3 Å². The molecule has 0 bridgehead atoms. The fourth-order valence-electron chi connectivity index (χ4n) is 7.83. The Morgan fingerprint density at radius 3 is 1.79 bits per heavy atom. The number of fused-ring (bicyclic) bond motifs is 3. The molecule has 0 unspecified atom stereocenters. The van der Waals surface area contributed by atoms with Gasteiger partial charge < -0.3 is 15.0 Å². The zero-order chi connectivity index (χ0) is 38.6. The van der Waals surface area contributed by atoms with Crippen LogP contribution in [0.3, 0.4) is 0 Å². The van der Waals surface area contributed by atoms with Crippen LogP contribution in [0.5, 0.6) is 0 Å². The number of aryl methyl sites for hydroxylation is 2. The average Bonchev–Trinajstić information content (AvgIpc) is 3.60. The van der Waals surface area contributed by atoms with Crippen molar-refractivity contribution in [2.24, 2.45) is 0 Å². The summed E-state index contributed by atoms with van der Waals surface area (Å²) >= 11 is 0. The molecule has 4 nitrogen and oxygen atoms in total. The molecule has 1 aliphatic heterocycles. The summed E-state index contributed by atoms with van der Waals surface area (Å²) in [7, 11) is 0. The van der Waals surface area contributed by atoms with Crippen LogP contribution in [0.2, 0.25) is 0 Å². The van der Waals surface area contributed by atoms with E-state index in [0.29, 0.717) is 4.48 Å². The topological polar surface area (TPSA) is 38.7 Å². The van der Waals surface area contributed by atoms with Gasteiger partial charge in [0.05, 0.1) is 0 Å². The van der Waals surface area contributed by atoms with Crippen molar-refractivity contribution in [1.82, 2.24) is 19.4 Å². The van der Waals surface area contributed by atoms with Crippen molar-refractivity contribution >= 4 is 55.2 Å². The maximum atomic E-state index is 4.87. The van der Waals surface area contributed by atoms with E-state index in [1.807, 2.05) is 86.0 Å². The number of para-hydroxylation sites is 2. The predicted molar refractivity (Wildman–Crippen MR) is 236 cm³/mol. The molecule has 0 fully saturated rings. The van der Waals surface area contributed by atoms with Gasteiger partial charge in [-0.3, -0.25) is 0 Å². The molecule has 11 rings (SSSR count). The van der Waals surface area contributed by atoms with Gasteiger partial charge in [0.1, 0.15) is 11.4 Å². The molecule has 0 N–H and O–H groups in total. The molecule has 10 aromatic rings. The summed E-state index contributed by atoms with van der Waals surface area (Å²) < 4.78 is 0.559. The zero-order valence-electron chi connectivity index (χ0n) is 32.1. The molecule has 0 amide bonds. The monoisotopic (exact) mass is 923 g/mol. The maximum absolute atomic E-state index is 4.87. The van der Waals surface area contributed by atoms with Gasteiger partial charge in [0.2, 0.25) is 0 Å². The molecule has 0 aliphatic carbocycles. The summed E-state index contributed by atoms with van der Waals surface area (Å²) in [6.07, 6.45) is 5.62. The van der Waals surface area contributed by atoms with Crippen LogP contribution in [0, 0.1) is 32.0 Å². The summed E-state index contributed by atoms with van der Waals surface area (Å²) in [6, 6.07) is 70.5. The smallest absolute Gasteiger partial charge is 0.305 e. The SMILES string of the molecule is Cc1c[c-]c(-c2ccc(C)cn2)cc1.[Ir+3].[c-]1cccc2c1c1nccc3c1c1c(cccc21)[N+]3(c1ccccc1)c1ccccc1.[c-]1ccccc1-c1ccccn1. The number of pyridine rings is 3. The Morgan fingerprint density at radius 1 is 0.448 bits per heavy atom. The van der Waals surface area contributed by atoms with E-state index in [4.69, 9.17) is 4.98 Å². The van der Waals surface area contributed by atoms with Crippen molar-refractivity contribution in [3.05, 3.63) is 224 Å². The molecule has 0 radical (unpaired) electrons. The van der Waals surface area contributed by atoms with Crippen molar-refractivity contribution < 1.29 is 20.1 Å². The van der Waals surface area contributed by atoms with Gasteiger partial charge >= 0.3 is 20.1 Å². The summed E-state index contributed by atoms with van der Waals surface area (Å²) in [4.78, 5) is 13.4. The molecule has 3 aromatic heterocycles. The Morgan fingerprint density at radius 2 is 1.12 bits per heavy atom. The molecule has 7 aromatic carbocycles. The van der Waals surface area contributed by atoms with Crippen molar-refractivity contribution in [1.29, 1.82) is 0 Å². The Bertz CT molecular complexity index is 2730. The Balaban J connectivity index is 0.000000144. The van der Waals surface area contributed by atoms with Crippen molar-refractivity contribution in [2.45, 2.75) is 13.8 Å². The summed E-state index contributed by atoms with van der Waals surface area (Å²) in [6.45, 7) is 4.10. The number of rotatable bonds is 4. The number of nitrogens with zero attached hydrogens (tertiary/aromatic N) is 4. The standard InChI is InChI=1S/C29H18N2.C13H12N.C11H8N.Ir/c1-3-10-20(11-4-1)31(21-12-5-2-6-13-21)25-17-9-16-23-22-14-7-8-15-24(22)29-28(27(23)25)26(31)18-19-30-29;1-10-3-6-12(7-4-10)13-8-5-11(2)9-14-13;1-2-6-10(7-3-1)11-8-4-5-9-12-11;/h1-14,16-19H;3-6,8-9H,1-2H3;1-6,8-9H;/q;2*-1;+3. The fourth-order valence-corrected chi connectivity index (χ4v) is 7.83. The summed E-state index contributed by atoms with van der Waals surface area (Å²) in [5.74, 6) is 0. The van der Waals surface area contributed by atoms with E-state index in [0.717, 1.165) is 33.4 Å². The maximum Gasteiger partial charge on any atom is 3.00 e. The first kappa shape index (κ1) is 38.3. The Kier molecular flexibility index (Phi) is 11.1. The van der Waals surface area contributed by atoms with Gasteiger partial charge in [-0.1, -0.05) is 85.1 Å². The second-order valence-electron chi connectivity index (χ2n) is 14.0. The number of aromatic nitrogens is 3.